The Morgan fingerprint density at radius 1 is 1.14 bits per heavy atom. The first-order valence-electron chi connectivity index (χ1n) is 6.53. The SMILES string of the molecule is NNC(=O)c1cn(Cc2ccccc2Cl)c2ccccc12. The number of para-hydroxylation sites is 1. The van der Waals surface area contributed by atoms with Crippen molar-refractivity contribution < 1.29 is 4.79 Å². The summed E-state index contributed by atoms with van der Waals surface area (Å²) in [4.78, 5) is 11.9. The lowest BCUT2D eigenvalue weighted by atomic mass is 10.2. The minimum atomic E-state index is -0.302. The molecular formula is C16H14ClN3O. The van der Waals surface area contributed by atoms with E-state index < -0.39 is 0 Å². The molecule has 5 heteroatoms. The van der Waals surface area contributed by atoms with Gasteiger partial charge in [-0.2, -0.15) is 0 Å². The summed E-state index contributed by atoms with van der Waals surface area (Å²) in [6, 6.07) is 15.4. The van der Waals surface area contributed by atoms with Gasteiger partial charge in [-0.3, -0.25) is 10.2 Å². The minimum Gasteiger partial charge on any atom is -0.342 e. The van der Waals surface area contributed by atoms with Crippen LogP contribution in [-0.2, 0) is 6.54 Å². The van der Waals surface area contributed by atoms with Gasteiger partial charge in [0.1, 0.15) is 0 Å². The van der Waals surface area contributed by atoms with Gasteiger partial charge in [-0.05, 0) is 17.7 Å². The number of nitrogens with two attached hydrogens (primary N) is 1. The zero-order valence-electron chi connectivity index (χ0n) is 11.2. The Labute approximate surface area is 127 Å². The molecule has 0 spiro atoms. The van der Waals surface area contributed by atoms with Crippen LogP contribution < -0.4 is 11.3 Å². The van der Waals surface area contributed by atoms with E-state index in [1.807, 2.05) is 53.1 Å². The fourth-order valence-corrected chi connectivity index (χ4v) is 2.64. The van der Waals surface area contributed by atoms with E-state index in [0.717, 1.165) is 16.5 Å². The van der Waals surface area contributed by atoms with Crippen molar-refractivity contribution in [3.8, 4) is 0 Å². The van der Waals surface area contributed by atoms with Crippen molar-refractivity contribution in [2.45, 2.75) is 6.54 Å². The smallest absolute Gasteiger partial charge is 0.267 e. The van der Waals surface area contributed by atoms with Crippen molar-refractivity contribution in [3.63, 3.8) is 0 Å². The van der Waals surface area contributed by atoms with Gasteiger partial charge < -0.3 is 4.57 Å². The highest BCUT2D eigenvalue weighted by Crippen LogP contribution is 2.24. The van der Waals surface area contributed by atoms with Gasteiger partial charge in [-0.25, -0.2) is 5.84 Å². The summed E-state index contributed by atoms with van der Waals surface area (Å²) < 4.78 is 2.00. The molecule has 0 saturated heterocycles. The van der Waals surface area contributed by atoms with Crippen LogP contribution in [0.25, 0.3) is 10.9 Å². The number of amides is 1. The summed E-state index contributed by atoms with van der Waals surface area (Å²) in [5, 5.41) is 1.58. The third kappa shape index (κ3) is 2.51. The monoisotopic (exact) mass is 299 g/mol. The average Bonchev–Trinajstić information content (AvgIpc) is 2.88. The predicted octanol–water partition coefficient (Wildman–Crippen LogP) is 2.95. The summed E-state index contributed by atoms with van der Waals surface area (Å²) in [6.45, 7) is 0.595. The first-order valence-corrected chi connectivity index (χ1v) is 6.90. The molecule has 4 nitrogen and oxygen atoms in total. The molecule has 0 saturated carbocycles. The molecule has 3 N–H and O–H groups in total. The van der Waals surface area contributed by atoms with Crippen LogP contribution in [-0.4, -0.2) is 10.5 Å². The van der Waals surface area contributed by atoms with Gasteiger partial charge in [0.15, 0.2) is 0 Å². The van der Waals surface area contributed by atoms with E-state index in [0.29, 0.717) is 17.1 Å². The Morgan fingerprint density at radius 2 is 1.86 bits per heavy atom. The van der Waals surface area contributed by atoms with Crippen LogP contribution in [0.1, 0.15) is 15.9 Å². The second-order valence-corrected chi connectivity index (χ2v) is 5.16. The van der Waals surface area contributed by atoms with E-state index in [1.54, 1.807) is 6.20 Å². The highest BCUT2D eigenvalue weighted by molar-refractivity contribution is 6.31. The molecule has 0 fully saturated rings. The van der Waals surface area contributed by atoms with E-state index in [1.165, 1.54) is 0 Å². The summed E-state index contributed by atoms with van der Waals surface area (Å²) in [7, 11) is 0. The molecule has 0 bridgehead atoms. The van der Waals surface area contributed by atoms with Gasteiger partial charge in [-0.15, -0.1) is 0 Å². The van der Waals surface area contributed by atoms with Gasteiger partial charge in [-0.1, -0.05) is 48.0 Å². The Hall–Kier alpha value is -2.30. The minimum absolute atomic E-state index is 0.302. The second-order valence-electron chi connectivity index (χ2n) is 4.75. The summed E-state index contributed by atoms with van der Waals surface area (Å²) in [5.41, 5.74) is 4.71. The number of carbonyl (C=O) groups is 1. The molecule has 2 aromatic carbocycles. The highest BCUT2D eigenvalue weighted by atomic mass is 35.5. The molecule has 1 heterocycles. The number of hydrogen-bond donors (Lipinski definition) is 2. The number of fused-ring (bicyclic) bond motifs is 1. The van der Waals surface area contributed by atoms with Gasteiger partial charge in [0.25, 0.3) is 5.91 Å². The number of benzene rings is 2. The molecule has 1 aromatic heterocycles. The summed E-state index contributed by atoms with van der Waals surface area (Å²) in [6.07, 6.45) is 1.80. The zero-order valence-corrected chi connectivity index (χ0v) is 12.0. The molecule has 0 radical (unpaired) electrons. The molecule has 3 aromatic rings. The van der Waals surface area contributed by atoms with E-state index >= 15 is 0 Å². The maximum absolute atomic E-state index is 11.9. The predicted molar refractivity (Wildman–Crippen MR) is 84.1 cm³/mol. The molecule has 106 valence electrons. The standard InChI is InChI=1S/C16H14ClN3O/c17-14-7-3-1-5-11(14)9-20-10-13(16(21)19-18)12-6-2-4-8-15(12)20/h1-8,10H,9,18H2,(H,19,21). The number of hydrogen-bond acceptors (Lipinski definition) is 2. The topological polar surface area (TPSA) is 60.0 Å². The van der Waals surface area contributed by atoms with E-state index in [-0.39, 0.29) is 5.91 Å². The van der Waals surface area contributed by atoms with E-state index in [2.05, 4.69) is 5.43 Å². The quantitative estimate of drug-likeness (QED) is 0.444. The van der Waals surface area contributed by atoms with Crippen molar-refractivity contribution >= 4 is 28.4 Å². The molecular weight excluding hydrogens is 286 g/mol. The first kappa shape index (κ1) is 13.7. The van der Waals surface area contributed by atoms with Crippen LogP contribution in [0, 0.1) is 0 Å². The number of nitrogens with zero attached hydrogens (tertiary/aromatic N) is 1. The van der Waals surface area contributed by atoms with Crippen molar-refractivity contribution in [3.05, 3.63) is 70.9 Å². The lowest BCUT2D eigenvalue weighted by Crippen LogP contribution is -2.29. The Morgan fingerprint density at radius 3 is 2.62 bits per heavy atom. The van der Waals surface area contributed by atoms with Crippen molar-refractivity contribution in [1.82, 2.24) is 9.99 Å². The molecule has 0 aliphatic heterocycles. The Kier molecular flexibility index (Phi) is 3.64. The molecule has 0 atom stereocenters. The van der Waals surface area contributed by atoms with E-state index in [9.17, 15) is 4.79 Å². The number of hydrazine groups is 1. The summed E-state index contributed by atoms with van der Waals surface area (Å²) >= 11 is 6.21. The Balaban J connectivity index is 2.11. The second kappa shape index (κ2) is 5.60. The van der Waals surface area contributed by atoms with Crippen LogP contribution in [0.3, 0.4) is 0 Å². The molecule has 0 unspecified atom stereocenters. The van der Waals surface area contributed by atoms with Crippen LogP contribution in [0.2, 0.25) is 5.02 Å². The number of carbonyl (C=O) groups excluding carboxylic acids is 1. The maximum Gasteiger partial charge on any atom is 0.267 e. The van der Waals surface area contributed by atoms with Gasteiger partial charge >= 0.3 is 0 Å². The molecule has 21 heavy (non-hydrogen) atoms. The lowest BCUT2D eigenvalue weighted by molar-refractivity contribution is 0.0955. The Bertz CT molecular complexity index is 810. The molecule has 1 amide bonds. The number of nitrogens with one attached hydrogen (secondary N) is 1. The van der Waals surface area contributed by atoms with Crippen molar-refractivity contribution in [2.75, 3.05) is 0 Å². The molecule has 0 aliphatic rings. The molecule has 3 rings (SSSR count). The maximum atomic E-state index is 11.9. The van der Waals surface area contributed by atoms with Gasteiger partial charge in [0, 0.05) is 28.7 Å². The third-order valence-electron chi connectivity index (χ3n) is 3.46. The first-order chi connectivity index (χ1) is 10.2. The average molecular weight is 300 g/mol. The van der Waals surface area contributed by atoms with Crippen LogP contribution in [0.5, 0.6) is 0 Å². The fourth-order valence-electron chi connectivity index (χ4n) is 2.45. The largest absolute Gasteiger partial charge is 0.342 e. The lowest BCUT2D eigenvalue weighted by Gasteiger charge is -2.07. The zero-order chi connectivity index (χ0) is 14.8. The fraction of sp³-hybridized carbons (Fsp3) is 0.0625. The van der Waals surface area contributed by atoms with Gasteiger partial charge in [0.05, 0.1) is 5.56 Å². The number of rotatable bonds is 3. The number of halogens is 1. The van der Waals surface area contributed by atoms with Crippen LogP contribution in [0.4, 0.5) is 0 Å². The summed E-state index contributed by atoms with van der Waals surface area (Å²) in [5.74, 6) is 4.95. The van der Waals surface area contributed by atoms with Crippen LogP contribution in [0.15, 0.2) is 54.7 Å². The van der Waals surface area contributed by atoms with Gasteiger partial charge in [0.2, 0.25) is 0 Å². The molecule has 0 aliphatic carbocycles. The number of aromatic nitrogens is 1. The van der Waals surface area contributed by atoms with E-state index in [4.69, 9.17) is 17.4 Å². The van der Waals surface area contributed by atoms with Crippen molar-refractivity contribution in [1.29, 1.82) is 0 Å². The number of nitrogen functional groups attached to an aromatic ring is 1. The normalized spacial score (nSPS) is 10.8. The highest BCUT2D eigenvalue weighted by Gasteiger charge is 2.14. The van der Waals surface area contributed by atoms with Crippen LogP contribution >= 0.6 is 11.6 Å². The van der Waals surface area contributed by atoms with Crippen molar-refractivity contribution in [2.24, 2.45) is 5.84 Å². The third-order valence-corrected chi connectivity index (χ3v) is 3.83.